The number of piperidine rings is 4. The second-order valence-corrected chi connectivity index (χ2v) is 8.41. The maximum absolute atomic E-state index is 5.38. The molecule has 4 nitrogen and oxygen atoms in total. The molecule has 1 aromatic rings. The summed E-state index contributed by atoms with van der Waals surface area (Å²) < 4.78 is 5.38. The number of rotatable bonds is 3. The van der Waals surface area contributed by atoms with Crippen molar-refractivity contribution >= 4 is 0 Å². The van der Waals surface area contributed by atoms with Gasteiger partial charge in [-0.2, -0.15) is 0 Å². The number of ether oxygens (including phenoxy) is 1. The molecule has 136 valence electrons. The van der Waals surface area contributed by atoms with Gasteiger partial charge in [-0.3, -0.25) is 9.80 Å². The van der Waals surface area contributed by atoms with Crippen LogP contribution in [0.2, 0.25) is 0 Å². The SMILES string of the molecule is COc1ccc([C@@H]2CN(C3CCNCC3)[C@@H]3C4CCN(CC4)[C@@H]32)cc1. The van der Waals surface area contributed by atoms with E-state index in [2.05, 4.69) is 39.4 Å². The third-order valence-electron chi connectivity index (χ3n) is 7.35. The van der Waals surface area contributed by atoms with Crippen molar-refractivity contribution in [3.63, 3.8) is 0 Å². The molecule has 0 amide bonds. The smallest absolute Gasteiger partial charge is 0.118 e. The Morgan fingerprint density at radius 1 is 0.960 bits per heavy atom. The quantitative estimate of drug-likeness (QED) is 0.913. The van der Waals surface area contributed by atoms with Gasteiger partial charge in [-0.15, -0.1) is 0 Å². The normalized spacial score (nSPS) is 38.7. The van der Waals surface area contributed by atoms with Crippen molar-refractivity contribution in [3.05, 3.63) is 29.8 Å². The molecule has 5 saturated heterocycles. The topological polar surface area (TPSA) is 27.7 Å². The summed E-state index contributed by atoms with van der Waals surface area (Å²) in [4.78, 5) is 5.76. The van der Waals surface area contributed by atoms with Crippen LogP contribution in [0.5, 0.6) is 5.75 Å². The molecule has 25 heavy (non-hydrogen) atoms. The van der Waals surface area contributed by atoms with Crippen LogP contribution in [0.3, 0.4) is 0 Å². The van der Waals surface area contributed by atoms with Crippen LogP contribution in [0.25, 0.3) is 0 Å². The van der Waals surface area contributed by atoms with E-state index in [0.717, 1.165) is 29.8 Å². The lowest BCUT2D eigenvalue weighted by Gasteiger charge is -2.52. The minimum Gasteiger partial charge on any atom is -0.497 e. The highest BCUT2D eigenvalue weighted by Gasteiger charge is 2.54. The Morgan fingerprint density at radius 3 is 2.36 bits per heavy atom. The molecule has 4 heteroatoms. The molecule has 3 atom stereocenters. The van der Waals surface area contributed by atoms with Crippen LogP contribution >= 0.6 is 0 Å². The monoisotopic (exact) mass is 341 g/mol. The van der Waals surface area contributed by atoms with Crippen LogP contribution in [0.15, 0.2) is 24.3 Å². The molecular formula is C21H31N3O. The summed E-state index contributed by atoms with van der Waals surface area (Å²) in [6.07, 6.45) is 5.48. The summed E-state index contributed by atoms with van der Waals surface area (Å²) >= 11 is 0. The van der Waals surface area contributed by atoms with Gasteiger partial charge in [0.25, 0.3) is 0 Å². The highest BCUT2D eigenvalue weighted by Crippen LogP contribution is 2.48. The van der Waals surface area contributed by atoms with Gasteiger partial charge in [0.15, 0.2) is 0 Å². The Bertz CT molecular complexity index is 590. The number of methoxy groups -OCH3 is 1. The molecule has 2 bridgehead atoms. The fraction of sp³-hybridized carbons (Fsp3) is 0.714. The second kappa shape index (κ2) is 6.57. The van der Waals surface area contributed by atoms with Crippen molar-refractivity contribution in [1.29, 1.82) is 0 Å². The van der Waals surface area contributed by atoms with Crippen LogP contribution in [-0.4, -0.2) is 67.8 Å². The molecule has 6 rings (SSSR count). The van der Waals surface area contributed by atoms with Crippen LogP contribution < -0.4 is 10.1 Å². The van der Waals surface area contributed by atoms with E-state index in [-0.39, 0.29) is 0 Å². The summed E-state index contributed by atoms with van der Waals surface area (Å²) in [5, 5.41) is 3.55. The molecule has 0 saturated carbocycles. The standard InChI is InChI=1S/C21H31N3O/c1-25-18-4-2-15(3-5-18)19-14-24(17-6-10-22-11-7-17)20-16-8-12-23(13-9-16)21(19)20/h2-5,16-17,19-22H,6-14H2,1H3/t19-,20+,21+/m0/s1. The van der Waals surface area contributed by atoms with Gasteiger partial charge in [-0.05, 0) is 75.5 Å². The van der Waals surface area contributed by atoms with Crippen molar-refractivity contribution in [1.82, 2.24) is 15.1 Å². The highest BCUT2D eigenvalue weighted by molar-refractivity contribution is 5.33. The lowest BCUT2D eigenvalue weighted by molar-refractivity contribution is -0.0223. The number of hydrogen-bond acceptors (Lipinski definition) is 4. The third-order valence-corrected chi connectivity index (χ3v) is 7.35. The fourth-order valence-corrected chi connectivity index (χ4v) is 6.15. The Balaban J connectivity index is 1.46. The maximum Gasteiger partial charge on any atom is 0.118 e. The van der Waals surface area contributed by atoms with Gasteiger partial charge < -0.3 is 10.1 Å². The van der Waals surface area contributed by atoms with Crippen molar-refractivity contribution in [2.45, 2.75) is 49.7 Å². The van der Waals surface area contributed by atoms with Crippen molar-refractivity contribution in [3.8, 4) is 5.75 Å². The first kappa shape index (κ1) is 16.1. The minimum atomic E-state index is 0.661. The number of benzene rings is 1. The number of nitrogens with zero attached hydrogens (tertiary/aromatic N) is 2. The van der Waals surface area contributed by atoms with Gasteiger partial charge in [-0.1, -0.05) is 12.1 Å². The Morgan fingerprint density at radius 2 is 1.68 bits per heavy atom. The summed E-state index contributed by atoms with van der Waals surface area (Å²) in [7, 11) is 1.76. The molecule has 5 fully saturated rings. The zero-order valence-corrected chi connectivity index (χ0v) is 15.4. The molecule has 0 aromatic heterocycles. The van der Waals surface area contributed by atoms with Gasteiger partial charge in [0.1, 0.15) is 5.75 Å². The number of fused-ring (bicyclic) bond motifs is 2. The van der Waals surface area contributed by atoms with E-state index in [1.807, 2.05) is 0 Å². The average molecular weight is 341 g/mol. The lowest BCUT2D eigenvalue weighted by Crippen LogP contribution is -2.61. The molecule has 0 spiro atoms. The van der Waals surface area contributed by atoms with E-state index >= 15 is 0 Å². The molecule has 1 N–H and O–H groups in total. The Hall–Kier alpha value is -1.10. The van der Waals surface area contributed by atoms with Gasteiger partial charge in [0.05, 0.1) is 7.11 Å². The maximum atomic E-state index is 5.38. The first-order valence-corrected chi connectivity index (χ1v) is 10.2. The summed E-state index contributed by atoms with van der Waals surface area (Å²) in [6, 6.07) is 11.2. The first-order chi connectivity index (χ1) is 12.3. The van der Waals surface area contributed by atoms with Crippen molar-refractivity contribution in [2.24, 2.45) is 5.92 Å². The molecule has 5 aliphatic rings. The van der Waals surface area contributed by atoms with Crippen LogP contribution in [0.4, 0.5) is 0 Å². The predicted octanol–water partition coefficient (Wildman–Crippen LogP) is 2.31. The van der Waals surface area contributed by atoms with E-state index in [1.54, 1.807) is 7.11 Å². The van der Waals surface area contributed by atoms with Crippen molar-refractivity contribution in [2.75, 3.05) is 39.8 Å². The van der Waals surface area contributed by atoms with Crippen LogP contribution in [-0.2, 0) is 0 Å². The summed E-state index contributed by atoms with van der Waals surface area (Å²) in [5.41, 5.74) is 1.51. The molecule has 5 aliphatic heterocycles. The van der Waals surface area contributed by atoms with Crippen LogP contribution in [0, 0.1) is 5.92 Å². The number of likely N-dealkylation sites (tertiary alicyclic amines) is 1. The van der Waals surface area contributed by atoms with E-state index in [1.165, 1.54) is 64.0 Å². The van der Waals surface area contributed by atoms with Gasteiger partial charge in [-0.25, -0.2) is 0 Å². The average Bonchev–Trinajstić information content (AvgIpc) is 3.12. The number of nitrogens with one attached hydrogen (secondary N) is 1. The third kappa shape index (κ3) is 2.70. The summed E-state index contributed by atoms with van der Waals surface area (Å²) in [5.74, 6) is 2.56. The molecule has 5 heterocycles. The summed E-state index contributed by atoms with van der Waals surface area (Å²) in [6.45, 7) is 6.27. The van der Waals surface area contributed by atoms with E-state index in [4.69, 9.17) is 4.74 Å². The van der Waals surface area contributed by atoms with E-state index < -0.39 is 0 Å². The van der Waals surface area contributed by atoms with E-state index in [9.17, 15) is 0 Å². The van der Waals surface area contributed by atoms with Crippen LogP contribution in [0.1, 0.15) is 37.2 Å². The number of hydrogen-bond donors (Lipinski definition) is 1. The van der Waals surface area contributed by atoms with Gasteiger partial charge in [0.2, 0.25) is 0 Å². The first-order valence-electron chi connectivity index (χ1n) is 10.2. The van der Waals surface area contributed by atoms with Gasteiger partial charge in [0, 0.05) is 30.6 Å². The largest absolute Gasteiger partial charge is 0.497 e. The van der Waals surface area contributed by atoms with E-state index in [0.29, 0.717) is 5.92 Å². The predicted molar refractivity (Wildman–Crippen MR) is 100 cm³/mol. The highest BCUT2D eigenvalue weighted by atomic mass is 16.5. The molecular weight excluding hydrogens is 310 g/mol. The minimum absolute atomic E-state index is 0.661. The zero-order chi connectivity index (χ0) is 16.8. The zero-order valence-electron chi connectivity index (χ0n) is 15.4. The fourth-order valence-electron chi connectivity index (χ4n) is 6.15. The second-order valence-electron chi connectivity index (χ2n) is 8.41. The molecule has 0 radical (unpaired) electrons. The molecule has 0 aliphatic carbocycles. The lowest BCUT2D eigenvalue weighted by atomic mass is 9.75. The Labute approximate surface area is 151 Å². The van der Waals surface area contributed by atoms with Crippen molar-refractivity contribution < 1.29 is 4.74 Å². The molecule has 1 aromatic carbocycles. The van der Waals surface area contributed by atoms with Gasteiger partial charge >= 0.3 is 0 Å². The molecule has 0 unspecified atom stereocenters. The Kier molecular flexibility index (Phi) is 4.23.